The average Bonchev–Trinajstić information content (AvgIpc) is 2.90. The Morgan fingerprint density at radius 3 is 2.52 bits per heavy atom. The van der Waals surface area contributed by atoms with Crippen LogP contribution < -0.4 is 5.32 Å². The van der Waals surface area contributed by atoms with E-state index in [9.17, 15) is 9.59 Å². The van der Waals surface area contributed by atoms with Crippen molar-refractivity contribution in [2.75, 3.05) is 5.32 Å². The van der Waals surface area contributed by atoms with E-state index in [1.165, 1.54) is 6.08 Å². The summed E-state index contributed by atoms with van der Waals surface area (Å²) >= 11 is 0. The topological polar surface area (TPSA) is 46.2 Å². The van der Waals surface area contributed by atoms with Gasteiger partial charge in [-0.1, -0.05) is 60.7 Å². The van der Waals surface area contributed by atoms with Gasteiger partial charge in [0.05, 0.1) is 5.57 Å². The van der Waals surface area contributed by atoms with Crippen LogP contribution in [0.25, 0.3) is 16.3 Å². The highest BCUT2D eigenvalue weighted by Crippen LogP contribution is 2.31. The molecule has 1 heterocycles. The molecule has 0 aromatic heterocycles. The van der Waals surface area contributed by atoms with Gasteiger partial charge in [-0.05, 0) is 22.9 Å². The zero-order valence-electron chi connectivity index (χ0n) is 12.2. The van der Waals surface area contributed by atoms with Crippen LogP contribution >= 0.6 is 0 Å². The second-order valence-corrected chi connectivity index (χ2v) is 5.45. The predicted molar refractivity (Wildman–Crippen MR) is 91.3 cm³/mol. The summed E-state index contributed by atoms with van der Waals surface area (Å²) in [6, 6.07) is 20.7. The highest BCUT2D eigenvalue weighted by Gasteiger charge is 2.24. The second-order valence-electron chi connectivity index (χ2n) is 5.45. The fourth-order valence-corrected chi connectivity index (χ4v) is 2.93. The lowest BCUT2D eigenvalue weighted by molar-refractivity contribution is -0.110. The molecule has 3 aromatic rings. The third-order valence-corrected chi connectivity index (χ3v) is 4.04. The van der Waals surface area contributed by atoms with E-state index in [0.717, 1.165) is 22.0 Å². The molecule has 3 nitrogen and oxygen atoms in total. The lowest BCUT2D eigenvalue weighted by Crippen LogP contribution is -2.06. The molecule has 0 unspecified atom stereocenters. The maximum Gasteiger partial charge on any atom is 0.256 e. The van der Waals surface area contributed by atoms with Gasteiger partial charge >= 0.3 is 0 Å². The number of rotatable bonds is 2. The average molecular weight is 299 g/mol. The molecule has 0 spiro atoms. The Balaban J connectivity index is 1.82. The molecule has 23 heavy (non-hydrogen) atoms. The summed E-state index contributed by atoms with van der Waals surface area (Å²) in [5.74, 6) is -0.400. The van der Waals surface area contributed by atoms with Gasteiger partial charge in [-0.25, -0.2) is 0 Å². The van der Waals surface area contributed by atoms with Gasteiger partial charge in [-0.3, -0.25) is 9.59 Å². The number of ketones is 1. The minimum Gasteiger partial charge on any atom is -0.321 e. The first kappa shape index (κ1) is 13.5. The van der Waals surface area contributed by atoms with Crippen molar-refractivity contribution >= 4 is 33.7 Å². The number of fused-ring (bicyclic) bond motifs is 2. The lowest BCUT2D eigenvalue weighted by Gasteiger charge is -2.04. The Hall–Kier alpha value is -3.20. The van der Waals surface area contributed by atoms with E-state index < -0.39 is 0 Å². The summed E-state index contributed by atoms with van der Waals surface area (Å²) in [4.78, 5) is 24.8. The molecule has 0 bridgehead atoms. The quantitative estimate of drug-likeness (QED) is 0.573. The molecule has 1 amide bonds. The molecule has 0 fully saturated rings. The normalized spacial score (nSPS) is 14.8. The number of anilines is 1. The van der Waals surface area contributed by atoms with Crippen LogP contribution in [0.4, 0.5) is 5.69 Å². The molecule has 0 saturated heterocycles. The van der Waals surface area contributed by atoms with Gasteiger partial charge in [0.25, 0.3) is 5.91 Å². The SMILES string of the molecule is O=C1Nc2ccccc2C1=CC(=O)c1cccc2ccccc12. The number of benzene rings is 3. The highest BCUT2D eigenvalue weighted by molar-refractivity contribution is 6.35. The minimum atomic E-state index is -0.236. The Bertz CT molecular complexity index is 980. The van der Waals surface area contributed by atoms with E-state index >= 15 is 0 Å². The smallest absolute Gasteiger partial charge is 0.256 e. The van der Waals surface area contributed by atoms with Gasteiger partial charge in [-0.15, -0.1) is 0 Å². The van der Waals surface area contributed by atoms with E-state index in [4.69, 9.17) is 0 Å². The minimum absolute atomic E-state index is 0.163. The van der Waals surface area contributed by atoms with Gasteiger partial charge in [0.2, 0.25) is 0 Å². The van der Waals surface area contributed by atoms with Crippen LogP contribution in [0.2, 0.25) is 0 Å². The zero-order chi connectivity index (χ0) is 15.8. The van der Waals surface area contributed by atoms with Crippen molar-refractivity contribution in [3.8, 4) is 0 Å². The largest absolute Gasteiger partial charge is 0.321 e. The number of amides is 1. The van der Waals surface area contributed by atoms with E-state index in [2.05, 4.69) is 5.32 Å². The summed E-state index contributed by atoms with van der Waals surface area (Å²) in [6.45, 7) is 0. The standard InChI is InChI=1S/C20H13NO2/c22-19(16-10-5-7-13-6-1-2-8-14(13)16)12-17-15-9-3-4-11-18(15)21-20(17)23/h1-12H,(H,21,23). The molecule has 0 atom stereocenters. The molecule has 4 rings (SSSR count). The third kappa shape index (κ3) is 2.23. The van der Waals surface area contributed by atoms with E-state index in [1.807, 2.05) is 60.7 Å². The van der Waals surface area contributed by atoms with Gasteiger partial charge in [-0.2, -0.15) is 0 Å². The zero-order valence-corrected chi connectivity index (χ0v) is 12.2. The number of hydrogen-bond acceptors (Lipinski definition) is 2. The van der Waals surface area contributed by atoms with Gasteiger partial charge < -0.3 is 5.32 Å². The van der Waals surface area contributed by atoms with E-state index in [-0.39, 0.29) is 11.7 Å². The first-order valence-corrected chi connectivity index (χ1v) is 7.38. The Morgan fingerprint density at radius 1 is 0.870 bits per heavy atom. The van der Waals surface area contributed by atoms with Gasteiger partial charge in [0.1, 0.15) is 0 Å². The molecule has 1 aliphatic rings. The lowest BCUT2D eigenvalue weighted by atomic mass is 9.98. The molecular formula is C20H13NO2. The summed E-state index contributed by atoms with van der Waals surface area (Å²) in [5, 5.41) is 4.68. The fraction of sp³-hybridized carbons (Fsp3) is 0. The van der Waals surface area contributed by atoms with Gasteiger partial charge in [0.15, 0.2) is 5.78 Å². The molecule has 0 saturated carbocycles. The number of carbonyl (C=O) groups is 2. The number of para-hydroxylation sites is 1. The predicted octanol–water partition coefficient (Wildman–Crippen LogP) is 4.06. The molecular weight excluding hydrogens is 286 g/mol. The first-order valence-electron chi connectivity index (χ1n) is 7.38. The van der Waals surface area contributed by atoms with Crippen LogP contribution in [0, 0.1) is 0 Å². The van der Waals surface area contributed by atoms with E-state index in [1.54, 1.807) is 6.07 Å². The molecule has 3 heteroatoms. The number of carbonyl (C=O) groups excluding carboxylic acids is 2. The van der Waals surface area contributed by atoms with Crippen molar-refractivity contribution in [3.63, 3.8) is 0 Å². The summed E-state index contributed by atoms with van der Waals surface area (Å²) in [6.07, 6.45) is 1.43. The maximum absolute atomic E-state index is 12.7. The maximum atomic E-state index is 12.7. The fourth-order valence-electron chi connectivity index (χ4n) is 2.93. The van der Waals surface area contributed by atoms with Crippen molar-refractivity contribution in [1.29, 1.82) is 0 Å². The number of nitrogens with one attached hydrogen (secondary N) is 1. The molecule has 3 aromatic carbocycles. The Labute approximate surface area is 133 Å². The van der Waals surface area contributed by atoms with Crippen molar-refractivity contribution in [1.82, 2.24) is 0 Å². The molecule has 1 aliphatic heterocycles. The summed E-state index contributed by atoms with van der Waals surface area (Å²) in [5.41, 5.74) is 2.53. The monoisotopic (exact) mass is 299 g/mol. The first-order chi connectivity index (χ1) is 11.2. The van der Waals surface area contributed by atoms with Crippen LogP contribution in [-0.2, 0) is 4.79 Å². The van der Waals surface area contributed by atoms with Crippen LogP contribution in [0.5, 0.6) is 0 Å². The molecule has 0 aliphatic carbocycles. The van der Waals surface area contributed by atoms with Crippen LogP contribution in [0.15, 0.2) is 72.8 Å². The molecule has 1 N–H and O–H groups in total. The van der Waals surface area contributed by atoms with Crippen molar-refractivity contribution in [3.05, 3.63) is 83.9 Å². The third-order valence-electron chi connectivity index (χ3n) is 4.04. The Morgan fingerprint density at radius 2 is 1.61 bits per heavy atom. The molecule has 110 valence electrons. The summed E-state index contributed by atoms with van der Waals surface area (Å²) in [7, 11) is 0. The van der Waals surface area contributed by atoms with Crippen molar-refractivity contribution < 1.29 is 9.59 Å². The molecule has 0 radical (unpaired) electrons. The van der Waals surface area contributed by atoms with Crippen LogP contribution in [-0.4, -0.2) is 11.7 Å². The highest BCUT2D eigenvalue weighted by atomic mass is 16.2. The Kier molecular flexibility index (Phi) is 3.05. The summed E-state index contributed by atoms with van der Waals surface area (Å²) < 4.78 is 0. The van der Waals surface area contributed by atoms with Crippen molar-refractivity contribution in [2.45, 2.75) is 0 Å². The van der Waals surface area contributed by atoms with Crippen molar-refractivity contribution in [2.24, 2.45) is 0 Å². The van der Waals surface area contributed by atoms with Crippen LogP contribution in [0.3, 0.4) is 0 Å². The second kappa shape index (κ2) is 5.21. The number of allylic oxidation sites excluding steroid dienone is 1. The van der Waals surface area contributed by atoms with Crippen LogP contribution in [0.1, 0.15) is 15.9 Å². The van der Waals surface area contributed by atoms with Gasteiger partial charge in [0, 0.05) is 16.8 Å². The van der Waals surface area contributed by atoms with E-state index in [0.29, 0.717) is 11.1 Å². The number of hydrogen-bond donors (Lipinski definition) is 1.